The lowest BCUT2D eigenvalue weighted by Crippen LogP contribution is -2.49. The van der Waals surface area contributed by atoms with E-state index in [1.165, 1.54) is 22.3 Å². The minimum Gasteiger partial charge on any atom is -0.449 e. The molecule has 0 fully saturated rings. The Balaban J connectivity index is 1.02. The summed E-state index contributed by atoms with van der Waals surface area (Å²) in [5, 5.41) is 14.0. The Hall–Kier alpha value is -4.23. The molecule has 12 heteroatoms. The number of ether oxygens (including phenoxy) is 2. The van der Waals surface area contributed by atoms with Gasteiger partial charge in [-0.05, 0) is 88.2 Å². The van der Waals surface area contributed by atoms with Crippen LogP contribution in [0, 0.1) is 5.92 Å². The van der Waals surface area contributed by atoms with Crippen molar-refractivity contribution in [2.45, 2.75) is 56.3 Å². The van der Waals surface area contributed by atoms with Crippen LogP contribution in [0.1, 0.15) is 49.3 Å². The summed E-state index contributed by atoms with van der Waals surface area (Å²) in [6, 6.07) is 30.4. The van der Waals surface area contributed by atoms with Gasteiger partial charge in [-0.2, -0.15) is 0 Å². The highest BCUT2D eigenvalue weighted by atomic mass is 33.1. The molecular weight excluding hydrogens is 693 g/mol. The average Bonchev–Trinajstić information content (AvgIpc) is 3.49. The van der Waals surface area contributed by atoms with E-state index in [0.29, 0.717) is 26.2 Å². The molecule has 1 aliphatic carbocycles. The summed E-state index contributed by atoms with van der Waals surface area (Å²) in [4.78, 5) is 29.5. The number of amides is 2. The minimum atomic E-state index is -0.438. The van der Waals surface area contributed by atoms with E-state index in [-0.39, 0.29) is 37.1 Å². The second-order valence-corrected chi connectivity index (χ2v) is 15.4. The fraction of sp³-hybridized carbons (Fsp3) is 0.375. The molecule has 2 atom stereocenters. The van der Waals surface area contributed by atoms with Crippen molar-refractivity contribution in [2.75, 3.05) is 43.9 Å². The zero-order valence-corrected chi connectivity index (χ0v) is 31.5. The summed E-state index contributed by atoms with van der Waals surface area (Å²) in [7, 11) is 3.21. The molecule has 276 valence electrons. The molecule has 2 amide bonds. The Morgan fingerprint density at radius 1 is 0.865 bits per heavy atom. The quantitative estimate of drug-likeness (QED) is 0.0459. The first kappa shape index (κ1) is 39.0. The second kappa shape index (κ2) is 20.7. The fourth-order valence-electron chi connectivity index (χ4n) is 6.03. The van der Waals surface area contributed by atoms with Gasteiger partial charge in [-0.1, -0.05) is 91.4 Å². The van der Waals surface area contributed by atoms with Gasteiger partial charge in [0.2, 0.25) is 0 Å². The van der Waals surface area contributed by atoms with Gasteiger partial charge in [0, 0.05) is 55.3 Å². The molecule has 52 heavy (non-hydrogen) atoms. The van der Waals surface area contributed by atoms with E-state index in [9.17, 15) is 9.59 Å². The lowest BCUT2D eigenvalue weighted by molar-refractivity contribution is 0.135. The second-order valence-electron chi connectivity index (χ2n) is 13.0. The molecule has 0 aliphatic heterocycles. The maximum Gasteiger partial charge on any atom is 0.407 e. The van der Waals surface area contributed by atoms with Crippen LogP contribution >= 0.6 is 21.6 Å². The van der Waals surface area contributed by atoms with E-state index < -0.39 is 12.2 Å². The molecule has 0 radical (unpaired) electrons. The lowest BCUT2D eigenvalue weighted by atomic mass is 9.98. The first-order valence-electron chi connectivity index (χ1n) is 17.9. The molecule has 0 bridgehead atoms. The van der Waals surface area contributed by atoms with E-state index in [1.54, 1.807) is 27.8 Å². The number of rotatable bonds is 20. The van der Waals surface area contributed by atoms with E-state index >= 15 is 0 Å². The molecule has 0 saturated heterocycles. The van der Waals surface area contributed by atoms with Gasteiger partial charge in [-0.25, -0.2) is 14.6 Å². The van der Waals surface area contributed by atoms with Gasteiger partial charge in [-0.15, -0.1) is 0 Å². The zero-order chi connectivity index (χ0) is 36.5. The highest BCUT2D eigenvalue weighted by Gasteiger charge is 2.29. The molecule has 10 nitrogen and oxygen atoms in total. The third-order valence-corrected chi connectivity index (χ3v) is 11.2. The molecule has 5 rings (SSSR count). The maximum absolute atomic E-state index is 13.1. The third kappa shape index (κ3) is 11.9. The minimum absolute atomic E-state index is 0.0176. The van der Waals surface area contributed by atoms with Crippen molar-refractivity contribution in [1.29, 1.82) is 0 Å². The van der Waals surface area contributed by atoms with Crippen molar-refractivity contribution < 1.29 is 19.1 Å². The van der Waals surface area contributed by atoms with Crippen molar-refractivity contribution in [3.8, 4) is 11.1 Å². The molecule has 4 aromatic rings. The molecule has 0 saturated carbocycles. The summed E-state index contributed by atoms with van der Waals surface area (Å²) in [6.45, 7) is 7.07. The van der Waals surface area contributed by atoms with Crippen LogP contribution in [-0.2, 0) is 16.1 Å². The van der Waals surface area contributed by atoms with E-state index in [4.69, 9.17) is 15.2 Å². The van der Waals surface area contributed by atoms with Gasteiger partial charge >= 0.3 is 12.2 Å². The molecule has 0 spiro atoms. The van der Waals surface area contributed by atoms with Crippen LogP contribution in [0.5, 0.6) is 0 Å². The SMILES string of the molecule is CC(C)[C@@H](CN[C@@H](CCCN)CNc1ccc(COC(=O)NCCSSc2ccccn2)cc1)NC(=O)OCC1c2ccccc2-c2ccccc21. The number of aromatic nitrogens is 1. The Kier molecular flexibility index (Phi) is 15.5. The summed E-state index contributed by atoms with van der Waals surface area (Å²) >= 11 is 0. The van der Waals surface area contributed by atoms with Gasteiger partial charge < -0.3 is 36.5 Å². The van der Waals surface area contributed by atoms with Crippen LogP contribution in [0.15, 0.2) is 102 Å². The van der Waals surface area contributed by atoms with Crippen molar-refractivity contribution in [3.05, 3.63) is 114 Å². The van der Waals surface area contributed by atoms with Gasteiger partial charge in [-0.3, -0.25) is 0 Å². The topological polar surface area (TPSA) is 140 Å². The Morgan fingerprint density at radius 3 is 2.25 bits per heavy atom. The number of carbonyl (C=O) groups is 2. The average molecular weight is 743 g/mol. The highest BCUT2D eigenvalue weighted by Crippen LogP contribution is 2.44. The number of benzene rings is 3. The Bertz CT molecular complexity index is 1650. The number of hydrogen-bond acceptors (Lipinski definition) is 10. The van der Waals surface area contributed by atoms with Crippen LogP contribution in [0.2, 0.25) is 0 Å². The largest absolute Gasteiger partial charge is 0.449 e. The lowest BCUT2D eigenvalue weighted by Gasteiger charge is -2.27. The predicted octanol–water partition coefficient (Wildman–Crippen LogP) is 7.42. The van der Waals surface area contributed by atoms with E-state index in [0.717, 1.165) is 34.9 Å². The van der Waals surface area contributed by atoms with Gasteiger partial charge in [0.25, 0.3) is 0 Å². The Morgan fingerprint density at radius 2 is 1.58 bits per heavy atom. The standard InChI is InChI=1S/C40H50N6O4S2/c1-28(2)37(46-40(48)50-27-36-34-13-5-3-11-32(34)33-12-4-6-14-35(33)36)25-45-31(10-9-20-41)24-44-30-18-16-29(17-19-30)26-49-39(47)43-22-23-51-52-38-15-7-8-21-42-38/h3-8,11-19,21,28,31,36-37,44-45H,9-10,20,22-27,41H2,1-2H3,(H,43,47)(H,46,48)/t31-,37+/m0/s1. The summed E-state index contributed by atoms with van der Waals surface area (Å²) in [6.07, 6.45) is 2.69. The number of fused-ring (bicyclic) bond motifs is 3. The smallest absolute Gasteiger partial charge is 0.407 e. The number of nitrogens with zero attached hydrogens (tertiary/aromatic N) is 1. The third-order valence-electron chi connectivity index (χ3n) is 8.95. The maximum atomic E-state index is 13.1. The first-order valence-corrected chi connectivity index (χ1v) is 20.2. The van der Waals surface area contributed by atoms with Crippen LogP contribution in [0.3, 0.4) is 0 Å². The molecule has 6 N–H and O–H groups in total. The predicted molar refractivity (Wildman–Crippen MR) is 213 cm³/mol. The number of carbonyl (C=O) groups excluding carboxylic acids is 2. The summed E-state index contributed by atoms with van der Waals surface area (Å²) < 4.78 is 11.2. The number of nitrogens with one attached hydrogen (secondary N) is 4. The summed E-state index contributed by atoms with van der Waals surface area (Å²) in [5.74, 6) is 0.956. The highest BCUT2D eigenvalue weighted by molar-refractivity contribution is 8.76. The fourth-order valence-corrected chi connectivity index (χ4v) is 7.82. The summed E-state index contributed by atoms with van der Waals surface area (Å²) in [5.41, 5.74) is 12.5. The van der Waals surface area contributed by atoms with Gasteiger partial charge in [0.05, 0.1) is 0 Å². The number of anilines is 1. The zero-order valence-electron chi connectivity index (χ0n) is 29.9. The molecule has 1 heterocycles. The van der Waals surface area contributed by atoms with Crippen LogP contribution in [0.4, 0.5) is 15.3 Å². The van der Waals surface area contributed by atoms with Crippen molar-refractivity contribution in [2.24, 2.45) is 11.7 Å². The number of pyridine rings is 1. The molecular formula is C40H50N6O4S2. The Labute approximate surface area is 315 Å². The van der Waals surface area contributed by atoms with Crippen LogP contribution in [0.25, 0.3) is 11.1 Å². The van der Waals surface area contributed by atoms with Crippen molar-refractivity contribution >= 4 is 39.5 Å². The van der Waals surface area contributed by atoms with E-state index in [2.05, 4.69) is 64.4 Å². The molecule has 3 aromatic carbocycles. The van der Waals surface area contributed by atoms with Crippen LogP contribution < -0.4 is 27.0 Å². The van der Waals surface area contributed by atoms with E-state index in [1.807, 2.05) is 66.7 Å². The molecule has 0 unspecified atom stereocenters. The molecule has 1 aliphatic rings. The molecule has 1 aromatic heterocycles. The van der Waals surface area contributed by atoms with Crippen molar-refractivity contribution in [3.63, 3.8) is 0 Å². The normalized spacial score (nSPS) is 13.2. The monoisotopic (exact) mass is 742 g/mol. The van der Waals surface area contributed by atoms with Crippen molar-refractivity contribution in [1.82, 2.24) is 20.9 Å². The number of nitrogens with two attached hydrogens (primary N) is 1. The van der Waals surface area contributed by atoms with Gasteiger partial charge in [0.1, 0.15) is 18.2 Å². The number of alkyl carbamates (subject to hydrolysis) is 2. The van der Waals surface area contributed by atoms with Crippen LogP contribution in [-0.4, -0.2) is 67.8 Å². The number of hydrogen-bond donors (Lipinski definition) is 5. The van der Waals surface area contributed by atoms with Gasteiger partial charge in [0.15, 0.2) is 0 Å². The first-order chi connectivity index (χ1) is 25.4.